The second-order valence-electron chi connectivity index (χ2n) is 4.62. The van der Waals surface area contributed by atoms with Crippen LogP contribution in [-0.4, -0.2) is 35.5 Å². The molecule has 0 spiro atoms. The van der Waals surface area contributed by atoms with E-state index in [1.165, 1.54) is 12.0 Å². The average molecular weight is 343 g/mol. The molecule has 0 aromatic heterocycles. The number of phenolic OH excluding ortho intramolecular Hbond substituents is 1. The maximum Gasteiger partial charge on any atom is 0.223 e. The van der Waals surface area contributed by atoms with Gasteiger partial charge in [0, 0.05) is 31.4 Å². The summed E-state index contributed by atoms with van der Waals surface area (Å²) in [5.41, 5.74) is 0.735. The number of methoxy groups -OCH3 is 1. The SMILES string of the molecule is COc1cc(CN2C[C@H](C(=O)[O-])CC2=O)cc(Br)c1O. The van der Waals surface area contributed by atoms with Crippen molar-refractivity contribution in [2.75, 3.05) is 13.7 Å². The van der Waals surface area contributed by atoms with E-state index in [0.29, 0.717) is 4.47 Å². The Kier molecular flexibility index (Phi) is 4.17. The molecule has 0 bridgehead atoms. The Morgan fingerprint density at radius 1 is 1.60 bits per heavy atom. The summed E-state index contributed by atoms with van der Waals surface area (Å²) in [6.45, 7) is 0.403. The number of carbonyl (C=O) groups is 2. The fourth-order valence-electron chi connectivity index (χ4n) is 2.18. The molecule has 6 nitrogen and oxygen atoms in total. The number of carbonyl (C=O) groups excluding carboxylic acids is 2. The molecule has 1 fully saturated rings. The van der Waals surface area contributed by atoms with Crippen molar-refractivity contribution in [3.63, 3.8) is 0 Å². The van der Waals surface area contributed by atoms with Crippen LogP contribution in [-0.2, 0) is 16.1 Å². The maximum absolute atomic E-state index is 11.7. The standard InChI is InChI=1S/C13H14BrNO5/c1-20-10-3-7(2-9(14)12(10)17)5-15-6-8(13(18)19)4-11(15)16/h2-3,8,17H,4-6H2,1H3,(H,18,19)/p-1/t8-/m1/s1. The highest BCUT2D eigenvalue weighted by Gasteiger charge is 2.30. The molecule has 1 heterocycles. The Hall–Kier alpha value is -1.76. The minimum atomic E-state index is -1.20. The molecule has 1 saturated heterocycles. The van der Waals surface area contributed by atoms with Gasteiger partial charge in [0.25, 0.3) is 0 Å². The van der Waals surface area contributed by atoms with Gasteiger partial charge in [-0.05, 0) is 33.6 Å². The Morgan fingerprint density at radius 3 is 2.85 bits per heavy atom. The number of aromatic hydroxyl groups is 1. The fourth-order valence-corrected chi connectivity index (χ4v) is 2.67. The lowest BCUT2D eigenvalue weighted by molar-refractivity contribution is -0.311. The van der Waals surface area contributed by atoms with Gasteiger partial charge in [0.2, 0.25) is 5.91 Å². The molecule has 7 heteroatoms. The van der Waals surface area contributed by atoms with E-state index in [-0.39, 0.29) is 36.9 Å². The van der Waals surface area contributed by atoms with Crippen molar-refractivity contribution < 1.29 is 24.5 Å². The first-order chi connectivity index (χ1) is 9.42. The van der Waals surface area contributed by atoms with Crippen molar-refractivity contribution in [3.05, 3.63) is 22.2 Å². The third-order valence-electron chi connectivity index (χ3n) is 3.23. The first-order valence-corrected chi connectivity index (χ1v) is 6.75. The quantitative estimate of drug-likeness (QED) is 0.847. The van der Waals surface area contributed by atoms with Gasteiger partial charge in [0.05, 0.1) is 11.6 Å². The lowest BCUT2D eigenvalue weighted by Crippen LogP contribution is -2.33. The van der Waals surface area contributed by atoms with Gasteiger partial charge < -0.3 is 24.6 Å². The summed E-state index contributed by atoms with van der Waals surface area (Å²) in [6, 6.07) is 3.27. The van der Waals surface area contributed by atoms with Crippen LogP contribution in [0.15, 0.2) is 16.6 Å². The largest absolute Gasteiger partial charge is 0.550 e. The van der Waals surface area contributed by atoms with Gasteiger partial charge in [-0.25, -0.2) is 0 Å². The van der Waals surface area contributed by atoms with E-state index >= 15 is 0 Å². The highest BCUT2D eigenvalue weighted by Crippen LogP contribution is 2.35. The van der Waals surface area contributed by atoms with Crippen LogP contribution in [0.5, 0.6) is 11.5 Å². The average Bonchev–Trinajstić information content (AvgIpc) is 2.75. The molecule has 1 aliphatic heterocycles. The molecule has 0 aliphatic carbocycles. The van der Waals surface area contributed by atoms with Crippen LogP contribution < -0.4 is 9.84 Å². The van der Waals surface area contributed by atoms with E-state index in [0.717, 1.165) is 5.56 Å². The lowest BCUT2D eigenvalue weighted by atomic mass is 10.1. The molecule has 0 radical (unpaired) electrons. The number of carboxylic acid groups (broad SMARTS) is 1. The number of hydrogen-bond donors (Lipinski definition) is 1. The highest BCUT2D eigenvalue weighted by atomic mass is 79.9. The van der Waals surface area contributed by atoms with Gasteiger partial charge in [-0.2, -0.15) is 0 Å². The van der Waals surface area contributed by atoms with E-state index in [9.17, 15) is 19.8 Å². The van der Waals surface area contributed by atoms with Crippen LogP contribution in [0.25, 0.3) is 0 Å². The minimum absolute atomic E-state index is 0.0170. The van der Waals surface area contributed by atoms with Gasteiger partial charge in [0.15, 0.2) is 11.5 Å². The molecule has 108 valence electrons. The van der Waals surface area contributed by atoms with Gasteiger partial charge in [-0.1, -0.05) is 0 Å². The molecular formula is C13H13BrNO5-. The number of amides is 1. The number of carboxylic acids is 1. The summed E-state index contributed by atoms with van der Waals surface area (Å²) in [7, 11) is 1.43. The number of aliphatic carboxylic acids is 1. The molecule has 1 aromatic rings. The zero-order chi connectivity index (χ0) is 14.9. The first kappa shape index (κ1) is 14.6. The van der Waals surface area contributed by atoms with Crippen LogP contribution in [0, 0.1) is 5.92 Å². The second-order valence-corrected chi connectivity index (χ2v) is 5.48. The topological polar surface area (TPSA) is 89.9 Å². The van der Waals surface area contributed by atoms with E-state index in [1.54, 1.807) is 12.1 Å². The van der Waals surface area contributed by atoms with Crippen molar-refractivity contribution in [1.29, 1.82) is 0 Å². The monoisotopic (exact) mass is 342 g/mol. The molecular weight excluding hydrogens is 330 g/mol. The van der Waals surface area contributed by atoms with Crippen molar-refractivity contribution in [2.45, 2.75) is 13.0 Å². The summed E-state index contributed by atoms with van der Waals surface area (Å²) in [5.74, 6) is -1.91. The van der Waals surface area contributed by atoms with Crippen molar-refractivity contribution >= 4 is 27.8 Å². The van der Waals surface area contributed by atoms with Crippen molar-refractivity contribution in [3.8, 4) is 11.5 Å². The molecule has 0 saturated carbocycles. The highest BCUT2D eigenvalue weighted by molar-refractivity contribution is 9.10. The number of phenols is 1. The molecule has 20 heavy (non-hydrogen) atoms. The van der Waals surface area contributed by atoms with E-state index < -0.39 is 11.9 Å². The molecule has 2 rings (SSSR count). The second kappa shape index (κ2) is 5.70. The van der Waals surface area contributed by atoms with Gasteiger partial charge in [0.1, 0.15) is 0 Å². The molecule has 1 aliphatic rings. The third-order valence-corrected chi connectivity index (χ3v) is 3.83. The van der Waals surface area contributed by atoms with Crippen LogP contribution in [0.1, 0.15) is 12.0 Å². The maximum atomic E-state index is 11.7. The molecule has 1 N–H and O–H groups in total. The van der Waals surface area contributed by atoms with Crippen LogP contribution >= 0.6 is 15.9 Å². The van der Waals surface area contributed by atoms with Crippen molar-refractivity contribution in [2.24, 2.45) is 5.92 Å². The zero-order valence-corrected chi connectivity index (χ0v) is 12.3. The fraction of sp³-hybridized carbons (Fsp3) is 0.385. The Balaban J connectivity index is 2.17. The number of likely N-dealkylation sites (tertiary alicyclic amines) is 1. The summed E-state index contributed by atoms with van der Waals surface area (Å²) in [4.78, 5) is 24.0. The molecule has 0 unspecified atom stereocenters. The smallest absolute Gasteiger partial charge is 0.223 e. The molecule has 1 atom stereocenters. The predicted octanol–water partition coefficient (Wildman–Crippen LogP) is 0.262. The van der Waals surface area contributed by atoms with Crippen LogP contribution in [0.4, 0.5) is 0 Å². The summed E-state index contributed by atoms with van der Waals surface area (Å²) >= 11 is 3.20. The number of rotatable bonds is 4. The van der Waals surface area contributed by atoms with Gasteiger partial charge in [-0.3, -0.25) is 4.79 Å². The number of halogens is 1. The molecule has 1 aromatic carbocycles. The van der Waals surface area contributed by atoms with Crippen LogP contribution in [0.2, 0.25) is 0 Å². The number of benzene rings is 1. The van der Waals surface area contributed by atoms with Crippen LogP contribution in [0.3, 0.4) is 0 Å². The van der Waals surface area contributed by atoms with Gasteiger partial charge >= 0.3 is 0 Å². The Morgan fingerprint density at radius 2 is 2.30 bits per heavy atom. The zero-order valence-electron chi connectivity index (χ0n) is 10.8. The molecule has 1 amide bonds. The van der Waals surface area contributed by atoms with Gasteiger partial charge in [-0.15, -0.1) is 0 Å². The van der Waals surface area contributed by atoms with E-state index in [1.807, 2.05) is 0 Å². The Bertz CT molecular complexity index is 560. The number of ether oxygens (including phenoxy) is 1. The Labute approximate surface area is 124 Å². The number of hydrogen-bond acceptors (Lipinski definition) is 5. The predicted molar refractivity (Wildman–Crippen MR) is 70.9 cm³/mol. The van der Waals surface area contributed by atoms with Crippen molar-refractivity contribution in [1.82, 2.24) is 4.90 Å². The van der Waals surface area contributed by atoms with E-state index in [2.05, 4.69) is 15.9 Å². The number of nitrogens with zero attached hydrogens (tertiary/aromatic N) is 1. The lowest BCUT2D eigenvalue weighted by Gasteiger charge is -2.18. The van der Waals surface area contributed by atoms with E-state index in [4.69, 9.17) is 4.74 Å². The third kappa shape index (κ3) is 2.87. The summed E-state index contributed by atoms with van der Waals surface area (Å²) < 4.78 is 5.48. The summed E-state index contributed by atoms with van der Waals surface area (Å²) in [5, 5.41) is 20.5. The normalized spacial score (nSPS) is 18.4. The summed E-state index contributed by atoms with van der Waals surface area (Å²) in [6.07, 6.45) is -0.0290. The first-order valence-electron chi connectivity index (χ1n) is 5.96. The minimum Gasteiger partial charge on any atom is -0.550 e.